The number of hydrogen-bond donors (Lipinski definition) is 0. The van der Waals surface area contributed by atoms with Crippen molar-refractivity contribution in [3.05, 3.63) is 33.7 Å². The van der Waals surface area contributed by atoms with E-state index in [0.717, 1.165) is 0 Å². The van der Waals surface area contributed by atoms with Gasteiger partial charge in [0.2, 0.25) is 0 Å². The molecule has 142 valence electrons. The van der Waals surface area contributed by atoms with Crippen LogP contribution in [-0.2, 0) is 30.3 Å². The number of hydrogen-bond acceptors (Lipinski definition) is 6. The van der Waals surface area contributed by atoms with Crippen LogP contribution in [0.1, 0.15) is 38.0 Å². The molecule has 0 bridgehead atoms. The molecule has 1 rings (SSSR count). The van der Waals surface area contributed by atoms with Gasteiger partial charge in [-0.15, -0.1) is 11.3 Å². The number of ether oxygens (including phenoxy) is 1. The molecular formula is C15H19F3O5S2. The van der Waals surface area contributed by atoms with E-state index in [4.69, 9.17) is 4.74 Å². The Morgan fingerprint density at radius 3 is 2.44 bits per heavy atom. The van der Waals surface area contributed by atoms with Gasteiger partial charge in [-0.1, -0.05) is 19.4 Å². The third-order valence-electron chi connectivity index (χ3n) is 3.04. The minimum atomic E-state index is -5.86. The van der Waals surface area contributed by atoms with Gasteiger partial charge < -0.3 is 8.92 Å². The second-order valence-electron chi connectivity index (χ2n) is 4.97. The van der Waals surface area contributed by atoms with Crippen molar-refractivity contribution in [2.24, 2.45) is 0 Å². The molecule has 1 heterocycles. The molecule has 0 radical (unpaired) electrons. The summed E-state index contributed by atoms with van der Waals surface area (Å²) in [6.45, 7) is 3.32. The molecule has 0 saturated carbocycles. The van der Waals surface area contributed by atoms with Gasteiger partial charge in [-0.25, -0.2) is 4.79 Å². The Labute approximate surface area is 148 Å². The molecule has 0 N–H and O–H groups in total. The predicted molar refractivity (Wildman–Crippen MR) is 87.3 cm³/mol. The number of rotatable bonds is 9. The molecule has 0 aromatic carbocycles. The van der Waals surface area contributed by atoms with Crippen LogP contribution in [-0.4, -0.2) is 26.5 Å². The minimum absolute atomic E-state index is 0.000146. The minimum Gasteiger partial charge on any atom is -0.463 e. The Balaban J connectivity index is 3.33. The molecule has 0 fully saturated rings. The first kappa shape index (κ1) is 21.5. The summed E-state index contributed by atoms with van der Waals surface area (Å²) in [4.78, 5) is 12.8. The van der Waals surface area contributed by atoms with Gasteiger partial charge in [-0.05, 0) is 24.8 Å². The van der Waals surface area contributed by atoms with Crippen LogP contribution >= 0.6 is 11.3 Å². The van der Waals surface area contributed by atoms with Crippen molar-refractivity contribution in [1.82, 2.24) is 0 Å². The molecule has 0 unspecified atom stereocenters. The molecule has 0 saturated heterocycles. The second kappa shape index (κ2) is 9.23. The number of carbonyl (C=O) groups excluding carboxylic acids is 1. The van der Waals surface area contributed by atoms with Crippen molar-refractivity contribution in [1.29, 1.82) is 0 Å². The number of allylic oxidation sites excluding steroid dienone is 1. The first-order chi connectivity index (χ1) is 11.6. The van der Waals surface area contributed by atoms with E-state index in [1.165, 1.54) is 11.3 Å². The van der Waals surface area contributed by atoms with Crippen LogP contribution in [0.5, 0.6) is 0 Å². The first-order valence-corrected chi connectivity index (χ1v) is 9.83. The fourth-order valence-electron chi connectivity index (χ4n) is 1.85. The number of thiophene rings is 1. The molecule has 5 nitrogen and oxygen atoms in total. The summed E-state index contributed by atoms with van der Waals surface area (Å²) >= 11 is 1.28. The van der Waals surface area contributed by atoms with Gasteiger partial charge >= 0.3 is 21.6 Å². The summed E-state index contributed by atoms with van der Waals surface area (Å²) in [5.41, 5.74) is -5.79. The lowest BCUT2D eigenvalue weighted by molar-refractivity contribution is -0.138. The van der Waals surface area contributed by atoms with E-state index in [-0.39, 0.29) is 25.0 Å². The van der Waals surface area contributed by atoms with Crippen LogP contribution in [0.4, 0.5) is 13.2 Å². The Morgan fingerprint density at radius 1 is 1.28 bits per heavy atom. The average Bonchev–Trinajstić information content (AvgIpc) is 3.01. The molecule has 1 aromatic heterocycles. The summed E-state index contributed by atoms with van der Waals surface area (Å²) in [6, 6.07) is 3.39. The van der Waals surface area contributed by atoms with Gasteiger partial charge in [0.25, 0.3) is 0 Å². The van der Waals surface area contributed by atoms with Crippen molar-refractivity contribution in [2.75, 3.05) is 6.61 Å². The SMILES string of the molecule is CCCCC(OS(=O)(=O)C(F)(F)F)=C(Cc1cccs1)C(=O)OCC. The Bertz CT molecular complexity index is 691. The van der Waals surface area contributed by atoms with Crippen LogP contribution in [0.2, 0.25) is 0 Å². The fourth-order valence-corrected chi connectivity index (χ4v) is 3.11. The Kier molecular flexibility index (Phi) is 7.94. The molecular weight excluding hydrogens is 381 g/mol. The van der Waals surface area contributed by atoms with Crippen LogP contribution in [0.25, 0.3) is 0 Å². The molecule has 0 spiro atoms. The molecule has 10 heteroatoms. The maximum atomic E-state index is 12.7. The van der Waals surface area contributed by atoms with E-state index in [2.05, 4.69) is 4.18 Å². The molecule has 0 aliphatic rings. The van der Waals surface area contributed by atoms with Crippen LogP contribution in [0, 0.1) is 0 Å². The van der Waals surface area contributed by atoms with Crippen LogP contribution in [0.15, 0.2) is 28.8 Å². The summed E-state index contributed by atoms with van der Waals surface area (Å²) in [5.74, 6) is -1.41. The summed E-state index contributed by atoms with van der Waals surface area (Å²) in [5, 5.41) is 1.73. The average molecular weight is 400 g/mol. The third-order valence-corrected chi connectivity index (χ3v) is 4.90. The third kappa shape index (κ3) is 6.35. The Morgan fingerprint density at radius 2 is 1.96 bits per heavy atom. The standard InChI is InChI=1S/C15H19F3O5S2/c1-3-5-8-13(23-25(20,21)15(16,17)18)12(14(19)22-4-2)10-11-7-6-9-24-11/h6-7,9H,3-5,8,10H2,1-2H3. The fraction of sp³-hybridized carbons (Fsp3) is 0.533. The number of unbranched alkanes of at least 4 members (excludes halogenated alkanes) is 1. The van der Waals surface area contributed by atoms with Gasteiger partial charge in [0.05, 0.1) is 12.2 Å². The normalized spacial score (nSPS) is 13.3. The number of esters is 1. The zero-order valence-corrected chi connectivity index (χ0v) is 15.4. The van der Waals surface area contributed by atoms with E-state index in [1.54, 1.807) is 31.4 Å². The summed E-state index contributed by atoms with van der Waals surface area (Å²) in [6.07, 6.45) is 0.748. The van der Waals surface area contributed by atoms with Crippen LogP contribution < -0.4 is 0 Å². The number of carbonyl (C=O) groups is 1. The topological polar surface area (TPSA) is 69.7 Å². The van der Waals surface area contributed by atoms with Crippen molar-refractivity contribution in [2.45, 2.75) is 45.0 Å². The largest absolute Gasteiger partial charge is 0.534 e. The summed E-state index contributed by atoms with van der Waals surface area (Å²) in [7, 11) is -5.86. The maximum absolute atomic E-state index is 12.7. The van der Waals surface area contributed by atoms with Crippen molar-refractivity contribution >= 4 is 27.4 Å². The molecule has 0 aliphatic carbocycles. The molecule has 0 atom stereocenters. The number of alkyl halides is 3. The lowest BCUT2D eigenvalue weighted by atomic mass is 10.1. The molecule has 0 aliphatic heterocycles. The molecule has 25 heavy (non-hydrogen) atoms. The Hall–Kier alpha value is -1.55. The highest BCUT2D eigenvalue weighted by atomic mass is 32.2. The van der Waals surface area contributed by atoms with E-state index < -0.39 is 27.4 Å². The maximum Gasteiger partial charge on any atom is 0.534 e. The predicted octanol–water partition coefficient (Wildman–Crippen LogP) is 4.16. The van der Waals surface area contributed by atoms with Crippen molar-refractivity contribution in [3.63, 3.8) is 0 Å². The highest BCUT2D eigenvalue weighted by molar-refractivity contribution is 7.87. The quantitative estimate of drug-likeness (QED) is 0.205. The zero-order valence-electron chi connectivity index (χ0n) is 13.8. The monoisotopic (exact) mass is 400 g/mol. The van der Waals surface area contributed by atoms with Crippen molar-refractivity contribution in [3.8, 4) is 0 Å². The van der Waals surface area contributed by atoms with E-state index >= 15 is 0 Å². The van der Waals surface area contributed by atoms with E-state index in [0.29, 0.717) is 17.7 Å². The van der Waals surface area contributed by atoms with Gasteiger partial charge in [0, 0.05) is 17.7 Å². The molecule has 1 aromatic rings. The second-order valence-corrected chi connectivity index (χ2v) is 7.54. The van der Waals surface area contributed by atoms with Gasteiger partial charge in [-0.2, -0.15) is 21.6 Å². The lowest BCUT2D eigenvalue weighted by Crippen LogP contribution is -2.26. The summed E-state index contributed by atoms with van der Waals surface area (Å²) < 4.78 is 69.9. The zero-order chi connectivity index (χ0) is 19.1. The smallest absolute Gasteiger partial charge is 0.463 e. The highest BCUT2D eigenvalue weighted by Gasteiger charge is 2.49. The van der Waals surface area contributed by atoms with Crippen LogP contribution in [0.3, 0.4) is 0 Å². The van der Waals surface area contributed by atoms with Gasteiger partial charge in [0.15, 0.2) is 0 Å². The number of halogens is 3. The van der Waals surface area contributed by atoms with Gasteiger partial charge in [0.1, 0.15) is 5.76 Å². The van der Waals surface area contributed by atoms with Gasteiger partial charge in [-0.3, -0.25) is 0 Å². The highest BCUT2D eigenvalue weighted by Crippen LogP contribution is 2.30. The lowest BCUT2D eigenvalue weighted by Gasteiger charge is -2.16. The van der Waals surface area contributed by atoms with Crippen molar-refractivity contribution < 1.29 is 35.3 Å². The first-order valence-electron chi connectivity index (χ1n) is 7.54. The molecule has 0 amide bonds. The van der Waals surface area contributed by atoms with E-state index in [1.807, 2.05) is 0 Å². The van der Waals surface area contributed by atoms with E-state index in [9.17, 15) is 26.4 Å².